The van der Waals surface area contributed by atoms with Crippen LogP contribution in [-0.2, 0) is 26.2 Å². The van der Waals surface area contributed by atoms with E-state index in [1.807, 2.05) is 20.8 Å². The van der Waals surface area contributed by atoms with Crippen molar-refractivity contribution in [3.05, 3.63) is 96.3 Å². The van der Waals surface area contributed by atoms with E-state index in [-0.39, 0.29) is 17.3 Å². The lowest BCUT2D eigenvalue weighted by Gasteiger charge is -2.33. The molecule has 2 amide bonds. The van der Waals surface area contributed by atoms with Crippen LogP contribution in [0.3, 0.4) is 0 Å². The molecule has 0 aromatic heterocycles. The molecule has 9 heteroatoms. The van der Waals surface area contributed by atoms with Gasteiger partial charge in [-0.3, -0.25) is 13.9 Å². The second-order valence-corrected chi connectivity index (χ2v) is 11.6. The third-order valence-corrected chi connectivity index (χ3v) is 7.37. The van der Waals surface area contributed by atoms with Gasteiger partial charge < -0.3 is 10.2 Å². The number of sulfonamides is 1. The minimum absolute atomic E-state index is 0.00808. The fourth-order valence-corrected chi connectivity index (χ4v) is 5.12. The molecule has 3 aromatic carbocycles. The van der Waals surface area contributed by atoms with Gasteiger partial charge in [0.15, 0.2) is 0 Å². The summed E-state index contributed by atoms with van der Waals surface area (Å²) in [5.74, 6) is -1.39. The van der Waals surface area contributed by atoms with Gasteiger partial charge in [0.05, 0.1) is 10.6 Å². The van der Waals surface area contributed by atoms with Crippen molar-refractivity contribution in [2.45, 2.75) is 50.7 Å². The molecule has 0 aliphatic carbocycles. The molecule has 196 valence electrons. The van der Waals surface area contributed by atoms with E-state index in [0.717, 1.165) is 4.31 Å². The van der Waals surface area contributed by atoms with Crippen LogP contribution in [0.4, 0.5) is 10.1 Å². The van der Waals surface area contributed by atoms with Crippen molar-refractivity contribution in [3.8, 4) is 0 Å². The summed E-state index contributed by atoms with van der Waals surface area (Å²) in [6.45, 7) is 6.52. The van der Waals surface area contributed by atoms with E-state index in [4.69, 9.17) is 0 Å². The van der Waals surface area contributed by atoms with Crippen molar-refractivity contribution >= 4 is 27.5 Å². The lowest BCUT2D eigenvalue weighted by atomic mass is 10.1. The minimum atomic E-state index is -4.10. The van der Waals surface area contributed by atoms with Gasteiger partial charge in [0, 0.05) is 12.1 Å². The highest BCUT2D eigenvalue weighted by molar-refractivity contribution is 7.92. The first kappa shape index (κ1) is 27.9. The highest BCUT2D eigenvalue weighted by atomic mass is 32.2. The summed E-state index contributed by atoms with van der Waals surface area (Å²) in [7, 11) is -4.10. The third kappa shape index (κ3) is 7.39. The number of hydrogen-bond acceptors (Lipinski definition) is 4. The zero-order valence-corrected chi connectivity index (χ0v) is 22.2. The van der Waals surface area contributed by atoms with Crippen molar-refractivity contribution < 1.29 is 22.4 Å². The molecule has 0 radical (unpaired) electrons. The third-order valence-electron chi connectivity index (χ3n) is 5.59. The van der Waals surface area contributed by atoms with Crippen molar-refractivity contribution in [2.75, 3.05) is 10.8 Å². The molecule has 1 N–H and O–H groups in total. The van der Waals surface area contributed by atoms with Crippen molar-refractivity contribution in [1.82, 2.24) is 10.2 Å². The lowest BCUT2D eigenvalue weighted by Crippen LogP contribution is -2.54. The second kappa shape index (κ2) is 11.6. The SMILES string of the molecule is C[C@@H](C(=O)NC(C)(C)C)N(Cc1ccc(F)cc1)C(=O)CN(c1ccccc1)S(=O)(=O)c1ccccc1. The average Bonchev–Trinajstić information content (AvgIpc) is 2.86. The van der Waals surface area contributed by atoms with Gasteiger partial charge in [-0.15, -0.1) is 0 Å². The lowest BCUT2D eigenvalue weighted by molar-refractivity contribution is -0.140. The number of nitrogens with zero attached hydrogens (tertiary/aromatic N) is 2. The van der Waals surface area contributed by atoms with Gasteiger partial charge in [-0.25, -0.2) is 12.8 Å². The first-order valence-electron chi connectivity index (χ1n) is 11.9. The molecule has 37 heavy (non-hydrogen) atoms. The van der Waals surface area contributed by atoms with E-state index in [0.29, 0.717) is 11.3 Å². The van der Waals surface area contributed by atoms with E-state index in [1.165, 1.54) is 41.3 Å². The number of amides is 2. The van der Waals surface area contributed by atoms with Crippen molar-refractivity contribution in [3.63, 3.8) is 0 Å². The topological polar surface area (TPSA) is 86.8 Å². The Bertz CT molecular complexity index is 1310. The van der Waals surface area contributed by atoms with Crippen LogP contribution < -0.4 is 9.62 Å². The zero-order valence-electron chi connectivity index (χ0n) is 21.4. The van der Waals surface area contributed by atoms with E-state index in [1.54, 1.807) is 55.5 Å². The molecule has 0 bridgehead atoms. The predicted octanol–water partition coefficient (Wildman–Crippen LogP) is 4.35. The molecule has 0 heterocycles. The first-order valence-corrected chi connectivity index (χ1v) is 13.3. The number of para-hydroxylation sites is 1. The molecule has 0 aliphatic rings. The molecule has 0 saturated carbocycles. The van der Waals surface area contributed by atoms with Crippen LogP contribution in [0.15, 0.2) is 89.8 Å². The van der Waals surface area contributed by atoms with E-state index >= 15 is 0 Å². The maximum Gasteiger partial charge on any atom is 0.264 e. The number of carbonyl (C=O) groups is 2. The van der Waals surface area contributed by atoms with Crippen molar-refractivity contribution in [1.29, 1.82) is 0 Å². The van der Waals surface area contributed by atoms with Crippen LogP contribution in [0.1, 0.15) is 33.3 Å². The first-order chi connectivity index (χ1) is 17.4. The van der Waals surface area contributed by atoms with Crippen LogP contribution >= 0.6 is 0 Å². The van der Waals surface area contributed by atoms with Gasteiger partial charge in [0.2, 0.25) is 11.8 Å². The number of benzene rings is 3. The number of nitrogens with one attached hydrogen (secondary N) is 1. The average molecular weight is 526 g/mol. The van der Waals surface area contributed by atoms with Crippen LogP contribution in [0, 0.1) is 5.82 Å². The maximum absolute atomic E-state index is 13.8. The van der Waals surface area contributed by atoms with Crippen molar-refractivity contribution in [2.24, 2.45) is 0 Å². The summed E-state index contributed by atoms with van der Waals surface area (Å²) < 4.78 is 41.8. The van der Waals surface area contributed by atoms with E-state index in [2.05, 4.69) is 5.32 Å². The van der Waals surface area contributed by atoms with Gasteiger partial charge in [-0.05, 0) is 69.7 Å². The molecular weight excluding hydrogens is 493 g/mol. The standard InChI is InChI=1S/C28H32FN3O4S/c1-21(27(34)30-28(2,3)4)31(19-22-15-17-23(29)18-16-22)26(33)20-32(24-11-7-5-8-12-24)37(35,36)25-13-9-6-10-14-25/h5-18,21H,19-20H2,1-4H3,(H,30,34)/t21-/m0/s1. The molecule has 1 atom stereocenters. The van der Waals surface area contributed by atoms with E-state index < -0.39 is 39.9 Å². The van der Waals surface area contributed by atoms with Crippen LogP contribution in [0.5, 0.6) is 0 Å². The predicted molar refractivity (Wildman–Crippen MR) is 142 cm³/mol. The zero-order chi connectivity index (χ0) is 27.2. The Labute approximate surface area is 218 Å². The summed E-state index contributed by atoms with van der Waals surface area (Å²) in [5, 5.41) is 2.87. The smallest absolute Gasteiger partial charge is 0.264 e. The molecule has 3 rings (SSSR count). The van der Waals surface area contributed by atoms with Crippen LogP contribution in [0.2, 0.25) is 0 Å². The quantitative estimate of drug-likeness (QED) is 0.450. The molecule has 7 nitrogen and oxygen atoms in total. The van der Waals surface area contributed by atoms with E-state index in [9.17, 15) is 22.4 Å². The summed E-state index contributed by atoms with van der Waals surface area (Å²) in [6.07, 6.45) is 0. The van der Waals surface area contributed by atoms with Gasteiger partial charge >= 0.3 is 0 Å². The Morgan fingerprint density at radius 2 is 1.43 bits per heavy atom. The molecule has 0 unspecified atom stereocenters. The Balaban J connectivity index is 1.99. The largest absolute Gasteiger partial charge is 0.350 e. The number of hydrogen-bond donors (Lipinski definition) is 1. The summed E-state index contributed by atoms with van der Waals surface area (Å²) in [5.41, 5.74) is 0.374. The van der Waals surface area contributed by atoms with Gasteiger partial charge in [0.25, 0.3) is 10.0 Å². The highest BCUT2D eigenvalue weighted by Gasteiger charge is 2.33. The van der Waals surface area contributed by atoms with Gasteiger partial charge in [-0.1, -0.05) is 48.5 Å². The number of carbonyl (C=O) groups excluding carboxylic acids is 2. The number of rotatable bonds is 9. The van der Waals surface area contributed by atoms with Gasteiger partial charge in [-0.2, -0.15) is 0 Å². The minimum Gasteiger partial charge on any atom is -0.350 e. The Kier molecular flexibility index (Phi) is 8.70. The maximum atomic E-state index is 13.8. The summed E-state index contributed by atoms with van der Waals surface area (Å²) in [6, 6.07) is 20.9. The second-order valence-electron chi connectivity index (χ2n) is 9.72. The Morgan fingerprint density at radius 1 is 0.892 bits per heavy atom. The molecule has 0 fully saturated rings. The molecule has 0 aliphatic heterocycles. The summed E-state index contributed by atoms with van der Waals surface area (Å²) >= 11 is 0. The Hall–Kier alpha value is -3.72. The normalized spacial score (nSPS) is 12.5. The Morgan fingerprint density at radius 3 is 1.97 bits per heavy atom. The van der Waals surface area contributed by atoms with Crippen LogP contribution in [-0.4, -0.2) is 43.3 Å². The summed E-state index contributed by atoms with van der Waals surface area (Å²) in [4.78, 5) is 28.1. The molecular formula is C28H32FN3O4S. The fourth-order valence-electron chi connectivity index (χ4n) is 3.69. The fraction of sp³-hybridized carbons (Fsp3) is 0.286. The molecule has 0 saturated heterocycles. The highest BCUT2D eigenvalue weighted by Crippen LogP contribution is 2.24. The van der Waals surface area contributed by atoms with Gasteiger partial charge in [0.1, 0.15) is 18.4 Å². The van der Waals surface area contributed by atoms with Crippen LogP contribution in [0.25, 0.3) is 0 Å². The number of halogens is 1. The number of anilines is 1. The monoisotopic (exact) mass is 525 g/mol. The molecule has 0 spiro atoms. The molecule has 3 aromatic rings.